The molecule has 1 aromatic carbocycles. The summed E-state index contributed by atoms with van der Waals surface area (Å²) in [6, 6.07) is 7.38. The first-order valence-corrected chi connectivity index (χ1v) is 11.5. The molecule has 0 bridgehead atoms. The second-order valence-corrected chi connectivity index (χ2v) is 8.48. The van der Waals surface area contributed by atoms with Crippen LogP contribution < -0.4 is 31.9 Å². The molecule has 0 aliphatic rings. The summed E-state index contributed by atoms with van der Waals surface area (Å²) in [5, 5.41) is 3.09. The molecule has 2 aromatic rings. The number of aromatic nitrogens is 2. The molecule has 1 amide bonds. The Morgan fingerprint density at radius 3 is 2.39 bits per heavy atom. The smallest absolute Gasteiger partial charge is 0.330 e. The Morgan fingerprint density at radius 1 is 1.18 bits per heavy atom. The van der Waals surface area contributed by atoms with E-state index in [4.69, 9.17) is 10.5 Å². The van der Waals surface area contributed by atoms with Gasteiger partial charge in [-0.1, -0.05) is 46.2 Å². The zero-order chi connectivity index (χ0) is 24.5. The fourth-order valence-electron chi connectivity index (χ4n) is 3.80. The number of benzene rings is 1. The molecule has 0 aliphatic carbocycles. The molecule has 2 rings (SSSR count). The molecule has 0 spiro atoms. The highest BCUT2D eigenvalue weighted by atomic mass is 16.5. The Balaban J connectivity index is 2.30. The van der Waals surface area contributed by atoms with E-state index in [1.54, 1.807) is 12.0 Å². The number of aromatic amines is 1. The number of nitrogens with two attached hydrogens (primary N) is 1. The molecular weight excluding hydrogens is 422 g/mol. The third-order valence-corrected chi connectivity index (χ3v) is 5.55. The van der Waals surface area contributed by atoms with Crippen LogP contribution in [0.4, 0.5) is 11.5 Å². The molecule has 0 saturated heterocycles. The second-order valence-electron chi connectivity index (χ2n) is 8.48. The number of nitrogen functional groups attached to an aromatic ring is 1. The first-order valence-electron chi connectivity index (χ1n) is 11.5. The lowest BCUT2D eigenvalue weighted by molar-refractivity contribution is -0.120. The molecule has 0 saturated carbocycles. The predicted molar refractivity (Wildman–Crippen MR) is 132 cm³/mol. The van der Waals surface area contributed by atoms with E-state index in [1.165, 1.54) is 4.57 Å². The first-order chi connectivity index (χ1) is 15.7. The fourth-order valence-corrected chi connectivity index (χ4v) is 3.80. The van der Waals surface area contributed by atoms with E-state index in [-0.39, 0.29) is 35.9 Å². The SMILES string of the molecule is CCCCn1c(N)c(N(CCC)CC(=O)NC(c2ccc(OC)cc2)C(C)C)c(=O)[nH]c1=O. The van der Waals surface area contributed by atoms with E-state index in [0.717, 1.165) is 24.2 Å². The Labute approximate surface area is 194 Å². The van der Waals surface area contributed by atoms with E-state index >= 15 is 0 Å². The van der Waals surface area contributed by atoms with Gasteiger partial charge in [-0.25, -0.2) is 4.79 Å². The molecular formula is C24H37N5O4. The van der Waals surface area contributed by atoms with Gasteiger partial charge in [-0.15, -0.1) is 0 Å². The van der Waals surface area contributed by atoms with Crippen molar-refractivity contribution in [3.8, 4) is 5.75 Å². The van der Waals surface area contributed by atoms with Crippen molar-refractivity contribution in [3.63, 3.8) is 0 Å². The average molecular weight is 460 g/mol. The highest BCUT2D eigenvalue weighted by Crippen LogP contribution is 2.24. The predicted octanol–water partition coefficient (Wildman–Crippen LogP) is 2.66. The number of carbonyl (C=O) groups is 1. The number of anilines is 2. The third kappa shape index (κ3) is 6.63. The monoisotopic (exact) mass is 459 g/mol. The molecule has 0 fully saturated rings. The van der Waals surface area contributed by atoms with Gasteiger partial charge in [0.2, 0.25) is 5.91 Å². The maximum Gasteiger partial charge on any atom is 0.330 e. The molecule has 0 aliphatic heterocycles. The number of H-pyrrole nitrogens is 1. The summed E-state index contributed by atoms with van der Waals surface area (Å²) in [4.78, 5) is 42.0. The number of carbonyl (C=O) groups excluding carboxylic acids is 1. The van der Waals surface area contributed by atoms with Crippen molar-refractivity contribution in [3.05, 3.63) is 50.7 Å². The van der Waals surface area contributed by atoms with Crippen LogP contribution in [-0.2, 0) is 11.3 Å². The minimum atomic E-state index is -0.581. The Kier molecular flexibility index (Phi) is 9.57. The highest BCUT2D eigenvalue weighted by Gasteiger charge is 2.23. The van der Waals surface area contributed by atoms with Gasteiger partial charge in [0.15, 0.2) is 0 Å². The number of unbranched alkanes of at least 4 members (excludes halogenated alkanes) is 1. The molecule has 0 radical (unpaired) electrons. The number of methoxy groups -OCH3 is 1. The van der Waals surface area contributed by atoms with Gasteiger partial charge in [0.25, 0.3) is 5.56 Å². The van der Waals surface area contributed by atoms with Crippen molar-refractivity contribution in [2.45, 2.75) is 59.5 Å². The molecule has 4 N–H and O–H groups in total. The van der Waals surface area contributed by atoms with Crippen LogP contribution in [0.5, 0.6) is 5.75 Å². The number of nitrogens with zero attached hydrogens (tertiary/aromatic N) is 2. The molecule has 1 unspecified atom stereocenters. The zero-order valence-electron chi connectivity index (χ0n) is 20.3. The Bertz CT molecular complexity index is 1030. The number of hydrogen-bond donors (Lipinski definition) is 3. The van der Waals surface area contributed by atoms with E-state index in [0.29, 0.717) is 19.5 Å². The van der Waals surface area contributed by atoms with Gasteiger partial charge < -0.3 is 20.7 Å². The number of amides is 1. The lowest BCUT2D eigenvalue weighted by atomic mass is 9.96. The van der Waals surface area contributed by atoms with Gasteiger partial charge >= 0.3 is 5.69 Å². The number of nitrogens with one attached hydrogen (secondary N) is 2. The lowest BCUT2D eigenvalue weighted by Crippen LogP contribution is -2.44. The average Bonchev–Trinajstić information content (AvgIpc) is 2.77. The van der Waals surface area contributed by atoms with Gasteiger partial charge in [0.05, 0.1) is 19.7 Å². The largest absolute Gasteiger partial charge is 0.497 e. The summed E-state index contributed by atoms with van der Waals surface area (Å²) in [7, 11) is 1.61. The summed E-state index contributed by atoms with van der Waals surface area (Å²) >= 11 is 0. The standard InChI is InChI=1S/C24H37N5O4/c1-6-8-14-29-22(25)21(23(31)27-24(29)32)28(13-7-2)15-19(30)26-20(16(3)4)17-9-11-18(33-5)12-10-17/h9-12,16,20H,6-8,13-15,25H2,1-5H3,(H,26,30)(H,27,31,32). The van der Waals surface area contributed by atoms with Crippen LogP contribution in [0.25, 0.3) is 0 Å². The van der Waals surface area contributed by atoms with Crippen LogP contribution in [0.3, 0.4) is 0 Å². The van der Waals surface area contributed by atoms with Gasteiger partial charge in [-0.3, -0.25) is 19.1 Å². The first kappa shape index (κ1) is 26.0. The van der Waals surface area contributed by atoms with E-state index in [1.807, 2.05) is 52.0 Å². The maximum atomic E-state index is 13.1. The molecule has 9 heteroatoms. The van der Waals surface area contributed by atoms with Crippen LogP contribution in [-0.4, -0.2) is 35.7 Å². The van der Waals surface area contributed by atoms with Crippen LogP contribution in [0.15, 0.2) is 33.9 Å². The van der Waals surface area contributed by atoms with Gasteiger partial charge in [-0.2, -0.15) is 0 Å². The minimum absolute atomic E-state index is 0.0491. The molecule has 9 nitrogen and oxygen atoms in total. The van der Waals surface area contributed by atoms with Gasteiger partial charge in [-0.05, 0) is 36.5 Å². The Hall–Kier alpha value is -3.23. The maximum absolute atomic E-state index is 13.1. The van der Waals surface area contributed by atoms with Gasteiger partial charge in [0.1, 0.15) is 17.3 Å². The number of ether oxygens (including phenoxy) is 1. The summed E-state index contributed by atoms with van der Waals surface area (Å²) < 4.78 is 6.59. The minimum Gasteiger partial charge on any atom is -0.497 e. The van der Waals surface area contributed by atoms with Crippen molar-refractivity contribution in [2.75, 3.05) is 30.8 Å². The zero-order valence-corrected chi connectivity index (χ0v) is 20.3. The number of hydrogen-bond acceptors (Lipinski definition) is 6. The third-order valence-electron chi connectivity index (χ3n) is 5.55. The normalized spacial score (nSPS) is 11.9. The molecule has 1 aromatic heterocycles. The van der Waals surface area contributed by atoms with E-state index in [2.05, 4.69) is 10.3 Å². The van der Waals surface area contributed by atoms with Crippen molar-refractivity contribution >= 4 is 17.4 Å². The summed E-state index contributed by atoms with van der Waals surface area (Å²) in [5.74, 6) is 0.748. The lowest BCUT2D eigenvalue weighted by Gasteiger charge is -2.28. The van der Waals surface area contributed by atoms with Crippen molar-refractivity contribution in [1.82, 2.24) is 14.9 Å². The second kappa shape index (κ2) is 12.1. The van der Waals surface area contributed by atoms with Crippen LogP contribution in [0, 0.1) is 5.92 Å². The van der Waals surface area contributed by atoms with Crippen molar-refractivity contribution in [2.24, 2.45) is 5.92 Å². The quantitative estimate of drug-likeness (QED) is 0.448. The van der Waals surface area contributed by atoms with Crippen LogP contribution in [0.2, 0.25) is 0 Å². The molecule has 1 heterocycles. The van der Waals surface area contributed by atoms with Crippen molar-refractivity contribution < 1.29 is 9.53 Å². The van der Waals surface area contributed by atoms with E-state index in [9.17, 15) is 14.4 Å². The topological polar surface area (TPSA) is 122 Å². The van der Waals surface area contributed by atoms with Crippen molar-refractivity contribution in [1.29, 1.82) is 0 Å². The highest BCUT2D eigenvalue weighted by molar-refractivity contribution is 5.83. The van der Waals surface area contributed by atoms with Gasteiger partial charge in [0, 0.05) is 13.1 Å². The Morgan fingerprint density at radius 2 is 1.85 bits per heavy atom. The van der Waals surface area contributed by atoms with Crippen LogP contribution in [0.1, 0.15) is 58.6 Å². The van der Waals surface area contributed by atoms with E-state index < -0.39 is 11.2 Å². The summed E-state index contributed by atoms with van der Waals surface area (Å²) in [6.07, 6.45) is 2.33. The molecule has 33 heavy (non-hydrogen) atoms. The van der Waals surface area contributed by atoms with Crippen LogP contribution >= 0.6 is 0 Å². The number of rotatable bonds is 12. The summed E-state index contributed by atoms with van der Waals surface area (Å²) in [5.41, 5.74) is 6.27. The summed E-state index contributed by atoms with van der Waals surface area (Å²) in [6.45, 7) is 8.83. The molecule has 1 atom stereocenters. The molecule has 182 valence electrons. The fraction of sp³-hybridized carbons (Fsp3) is 0.542.